The van der Waals surface area contributed by atoms with E-state index in [1.54, 1.807) is 13.8 Å². The second-order valence-corrected chi connectivity index (χ2v) is 12.3. The van der Waals surface area contributed by atoms with E-state index in [2.05, 4.69) is 10.6 Å². The van der Waals surface area contributed by atoms with E-state index < -0.39 is 134 Å². The summed E-state index contributed by atoms with van der Waals surface area (Å²) < 4.78 is 0. The van der Waals surface area contributed by atoms with Crippen molar-refractivity contribution in [3.05, 3.63) is 0 Å². The van der Waals surface area contributed by atoms with Crippen LogP contribution in [0.1, 0.15) is 65.2 Å². The Bertz CT molecular complexity index is 1410. The van der Waals surface area contributed by atoms with Gasteiger partial charge < -0.3 is 68.9 Å². The van der Waals surface area contributed by atoms with Crippen LogP contribution in [0.2, 0.25) is 0 Å². The van der Waals surface area contributed by atoms with Gasteiger partial charge in [-0.25, -0.2) is 4.79 Å². The molecule has 0 bridgehead atoms. The first-order valence-electron chi connectivity index (χ1n) is 16.4. The Kier molecular flexibility index (Phi) is 21.7. The number of carbonyl (C=O) groups excluding carboxylic acids is 6. The highest BCUT2D eigenvalue weighted by Gasteiger charge is 2.35. The topological polar surface area (TPSA) is 413 Å². The molecule has 0 saturated carbocycles. The lowest BCUT2D eigenvalue weighted by atomic mass is 10.0. The van der Waals surface area contributed by atoms with E-state index in [4.69, 9.17) is 16.6 Å². The molecule has 0 aromatic heterocycles. The third-order valence-electron chi connectivity index (χ3n) is 7.15. The summed E-state index contributed by atoms with van der Waals surface area (Å²) in [6, 6.07) is -11.0. The zero-order valence-electron chi connectivity index (χ0n) is 29.5. The summed E-state index contributed by atoms with van der Waals surface area (Å²) in [6.45, 7) is 2.91. The van der Waals surface area contributed by atoms with Crippen molar-refractivity contribution in [2.24, 2.45) is 17.4 Å². The van der Waals surface area contributed by atoms with Crippen molar-refractivity contribution in [1.29, 1.82) is 0 Å². The van der Waals surface area contributed by atoms with Gasteiger partial charge in [0.2, 0.25) is 35.4 Å². The van der Waals surface area contributed by atoms with E-state index in [0.717, 1.165) is 0 Å². The fourth-order valence-corrected chi connectivity index (χ4v) is 4.60. The van der Waals surface area contributed by atoms with Gasteiger partial charge in [0.1, 0.15) is 36.3 Å². The van der Waals surface area contributed by atoms with E-state index >= 15 is 0 Å². The molecular formula is C30H48N8O16. The Morgan fingerprint density at radius 2 is 0.778 bits per heavy atom. The van der Waals surface area contributed by atoms with Crippen LogP contribution in [0.5, 0.6) is 0 Å². The number of carboxylic acid groups (broad SMARTS) is 5. The van der Waals surface area contributed by atoms with Crippen LogP contribution in [0.25, 0.3) is 0 Å². The average Bonchev–Trinajstić information content (AvgIpc) is 3.04. The van der Waals surface area contributed by atoms with E-state index in [0.29, 0.717) is 6.42 Å². The largest absolute Gasteiger partial charge is 0.481 e. The molecule has 54 heavy (non-hydrogen) atoms. The van der Waals surface area contributed by atoms with Gasteiger partial charge in [-0.05, 0) is 38.1 Å². The van der Waals surface area contributed by atoms with Crippen molar-refractivity contribution in [2.75, 3.05) is 13.1 Å². The highest BCUT2D eigenvalue weighted by atomic mass is 16.4. The minimum absolute atomic E-state index is 0.0175. The summed E-state index contributed by atoms with van der Waals surface area (Å²) in [5, 5.41) is 59.0. The molecule has 0 aliphatic rings. The van der Waals surface area contributed by atoms with E-state index in [1.807, 2.05) is 21.3 Å². The quantitative estimate of drug-likeness (QED) is 0.0347. The molecule has 24 nitrogen and oxygen atoms in total. The van der Waals surface area contributed by atoms with Crippen LogP contribution in [-0.4, -0.2) is 140 Å². The van der Waals surface area contributed by atoms with Crippen LogP contribution in [0.15, 0.2) is 0 Å². The molecule has 0 aliphatic carbocycles. The Morgan fingerprint density at radius 3 is 1.07 bits per heavy atom. The van der Waals surface area contributed by atoms with Gasteiger partial charge in [0.25, 0.3) is 0 Å². The maximum Gasteiger partial charge on any atom is 0.326 e. The lowest BCUT2D eigenvalue weighted by molar-refractivity contribution is -0.145. The summed E-state index contributed by atoms with van der Waals surface area (Å²) in [7, 11) is 0. The molecular weight excluding hydrogens is 728 g/mol. The molecule has 15 N–H and O–H groups in total. The van der Waals surface area contributed by atoms with Gasteiger partial charge in [-0.1, -0.05) is 13.8 Å². The molecule has 0 rings (SSSR count). The minimum Gasteiger partial charge on any atom is -0.481 e. The number of amides is 6. The number of hydrogen-bond donors (Lipinski definition) is 13. The van der Waals surface area contributed by atoms with Crippen molar-refractivity contribution in [2.45, 2.75) is 101 Å². The normalized spacial score (nSPS) is 14.1. The fraction of sp³-hybridized carbons (Fsp3) is 0.633. The van der Waals surface area contributed by atoms with Gasteiger partial charge in [-0.2, -0.15) is 0 Å². The van der Waals surface area contributed by atoms with Crippen LogP contribution in [-0.2, 0) is 52.7 Å². The molecule has 0 heterocycles. The van der Waals surface area contributed by atoms with Gasteiger partial charge >= 0.3 is 29.8 Å². The van der Waals surface area contributed by atoms with Crippen LogP contribution in [0.3, 0.4) is 0 Å². The number of nitrogens with two attached hydrogens (primary N) is 2. The van der Waals surface area contributed by atoms with Gasteiger partial charge in [0, 0.05) is 0 Å². The molecule has 24 heteroatoms. The van der Waals surface area contributed by atoms with Crippen molar-refractivity contribution >= 4 is 65.3 Å². The van der Waals surface area contributed by atoms with Crippen LogP contribution in [0, 0.1) is 5.92 Å². The molecule has 0 radical (unpaired) electrons. The predicted molar refractivity (Wildman–Crippen MR) is 180 cm³/mol. The number of carbonyl (C=O) groups is 11. The minimum atomic E-state index is -2.16. The number of hydrogen-bond acceptors (Lipinski definition) is 13. The highest BCUT2D eigenvalue weighted by Crippen LogP contribution is 2.09. The van der Waals surface area contributed by atoms with Crippen LogP contribution >= 0.6 is 0 Å². The van der Waals surface area contributed by atoms with E-state index in [9.17, 15) is 73.2 Å². The summed E-state index contributed by atoms with van der Waals surface area (Å²) in [4.78, 5) is 135. The molecule has 0 saturated heterocycles. The Morgan fingerprint density at radius 1 is 0.463 bits per heavy atom. The van der Waals surface area contributed by atoms with Crippen LogP contribution in [0.4, 0.5) is 0 Å². The Balaban J connectivity index is 6.34. The molecule has 0 spiro atoms. The Hall–Kier alpha value is -5.91. The Labute approximate surface area is 307 Å². The van der Waals surface area contributed by atoms with Gasteiger partial charge in [-0.15, -0.1) is 0 Å². The van der Waals surface area contributed by atoms with Crippen molar-refractivity contribution < 1.29 is 78.3 Å². The summed E-state index contributed by atoms with van der Waals surface area (Å²) >= 11 is 0. The van der Waals surface area contributed by atoms with Crippen LogP contribution < -0.4 is 43.4 Å². The molecule has 0 aromatic carbocycles. The van der Waals surface area contributed by atoms with Crippen molar-refractivity contribution in [1.82, 2.24) is 31.9 Å². The smallest absolute Gasteiger partial charge is 0.326 e. The second-order valence-electron chi connectivity index (χ2n) is 12.3. The number of nitrogens with one attached hydrogen (secondary N) is 6. The molecule has 0 aromatic rings. The summed E-state index contributed by atoms with van der Waals surface area (Å²) in [5.41, 5.74) is 10.7. The number of aliphatic carboxylic acids is 5. The standard InChI is InChI=1S/C30H48N8O16/c1-13(2)7-19(30(53)54)38-25(48)14(5-3-4-6-31)34-27(50)16(9-22(42)43)36-29(52)18(11-24(46)47)37-28(51)17(10-23(44)45)35-26(49)15(8-21(40)41)33-20(39)12-32/h13-19H,3-12,31-32H2,1-2H3,(H,33,39)(H,34,50)(H,35,49)(H,36,52)(H,37,51)(H,38,48)(H,40,41)(H,42,43)(H,44,45)(H,46,47)(H,53,54). The van der Waals surface area contributed by atoms with Gasteiger partial charge in [0.05, 0.1) is 32.2 Å². The second kappa shape index (κ2) is 24.4. The SMILES string of the molecule is CC(C)CC(NC(=O)C(CCCCN)NC(=O)C(CC(=O)O)NC(=O)C(CC(=O)O)NC(=O)C(CC(=O)O)NC(=O)C(CC(=O)O)NC(=O)CN)C(=O)O. The van der Waals surface area contributed by atoms with Crippen molar-refractivity contribution in [3.63, 3.8) is 0 Å². The third kappa shape index (κ3) is 19.6. The molecule has 6 amide bonds. The maximum atomic E-state index is 13.3. The average molecular weight is 777 g/mol. The molecule has 6 unspecified atom stereocenters. The zero-order valence-corrected chi connectivity index (χ0v) is 29.5. The monoisotopic (exact) mass is 776 g/mol. The lowest BCUT2D eigenvalue weighted by Crippen LogP contribution is -2.60. The van der Waals surface area contributed by atoms with Gasteiger partial charge in [0.15, 0.2) is 0 Å². The highest BCUT2D eigenvalue weighted by molar-refractivity contribution is 5.99. The number of rotatable bonds is 27. The maximum absolute atomic E-state index is 13.3. The van der Waals surface area contributed by atoms with E-state index in [1.165, 1.54) is 0 Å². The summed E-state index contributed by atoms with van der Waals surface area (Å²) in [5.74, 6) is -15.8. The van der Waals surface area contributed by atoms with Crippen molar-refractivity contribution in [3.8, 4) is 0 Å². The zero-order chi connectivity index (χ0) is 41.7. The number of carboxylic acids is 5. The first-order valence-corrected chi connectivity index (χ1v) is 16.4. The first-order chi connectivity index (χ1) is 25.1. The third-order valence-corrected chi connectivity index (χ3v) is 7.15. The summed E-state index contributed by atoms with van der Waals surface area (Å²) in [6.07, 6.45) is -4.11. The number of unbranched alkanes of at least 4 members (excludes halogenated alkanes) is 1. The molecule has 6 atom stereocenters. The van der Waals surface area contributed by atoms with E-state index in [-0.39, 0.29) is 31.7 Å². The first kappa shape index (κ1) is 48.1. The predicted octanol–water partition coefficient (Wildman–Crippen LogP) is -4.99. The molecule has 0 aliphatic heterocycles. The molecule has 0 fully saturated rings. The lowest BCUT2D eigenvalue weighted by Gasteiger charge is -2.26. The van der Waals surface area contributed by atoms with Gasteiger partial charge in [-0.3, -0.25) is 47.9 Å². The fourth-order valence-electron chi connectivity index (χ4n) is 4.60. The molecule has 304 valence electrons.